The van der Waals surface area contributed by atoms with Gasteiger partial charge in [-0.1, -0.05) is 43.2 Å². The van der Waals surface area contributed by atoms with Crippen LogP contribution in [0.25, 0.3) is 0 Å². The van der Waals surface area contributed by atoms with Gasteiger partial charge in [0.05, 0.1) is 12.7 Å². The highest BCUT2D eigenvalue weighted by molar-refractivity contribution is 5.67. The van der Waals surface area contributed by atoms with Gasteiger partial charge in [-0.25, -0.2) is 4.79 Å². The van der Waals surface area contributed by atoms with E-state index >= 15 is 0 Å². The predicted octanol–water partition coefficient (Wildman–Crippen LogP) is 2.87. The van der Waals surface area contributed by atoms with Gasteiger partial charge in [0.2, 0.25) is 0 Å². The summed E-state index contributed by atoms with van der Waals surface area (Å²) in [4.78, 5) is 11.4. The highest BCUT2D eigenvalue weighted by Crippen LogP contribution is 2.20. The van der Waals surface area contributed by atoms with Gasteiger partial charge in [-0.2, -0.15) is 0 Å². The monoisotopic (exact) mass is 263 g/mol. The fourth-order valence-electron chi connectivity index (χ4n) is 2.21. The zero-order valence-corrected chi connectivity index (χ0v) is 11.1. The Balaban J connectivity index is 1.52. The smallest absolute Gasteiger partial charge is 0.407 e. The summed E-state index contributed by atoms with van der Waals surface area (Å²) in [6, 6.07) is 9.63. The lowest BCUT2D eigenvalue weighted by molar-refractivity contribution is 0.0586. The molecule has 0 unspecified atom stereocenters. The molecule has 2 rings (SSSR count). The summed E-state index contributed by atoms with van der Waals surface area (Å²) in [7, 11) is 0. The fraction of sp³-hybridized carbons (Fsp3) is 0.533. The molecule has 1 saturated carbocycles. The Kier molecular flexibility index (Phi) is 5.69. The molecule has 4 nitrogen and oxygen atoms in total. The highest BCUT2D eigenvalue weighted by Gasteiger charge is 2.14. The third-order valence-electron chi connectivity index (χ3n) is 3.24. The number of ether oxygens (including phenoxy) is 2. The zero-order chi connectivity index (χ0) is 13.3. The Hall–Kier alpha value is -1.55. The van der Waals surface area contributed by atoms with Crippen molar-refractivity contribution >= 4 is 6.09 Å². The Bertz CT molecular complexity index is 374. The predicted molar refractivity (Wildman–Crippen MR) is 72.8 cm³/mol. The maximum atomic E-state index is 11.4. The summed E-state index contributed by atoms with van der Waals surface area (Å²) in [6.45, 7) is 1.37. The van der Waals surface area contributed by atoms with E-state index in [1.54, 1.807) is 0 Å². The largest absolute Gasteiger partial charge is 0.445 e. The minimum absolute atomic E-state index is 0.302. The van der Waals surface area contributed by atoms with E-state index in [9.17, 15) is 4.79 Å². The number of hydrogen-bond donors (Lipinski definition) is 1. The molecular formula is C15H21NO3. The van der Waals surface area contributed by atoms with Gasteiger partial charge in [-0.3, -0.25) is 0 Å². The van der Waals surface area contributed by atoms with Crippen molar-refractivity contribution in [2.75, 3.05) is 13.2 Å². The van der Waals surface area contributed by atoms with Gasteiger partial charge in [-0.05, 0) is 18.4 Å². The van der Waals surface area contributed by atoms with E-state index in [0.29, 0.717) is 25.9 Å². The van der Waals surface area contributed by atoms with Gasteiger partial charge < -0.3 is 14.8 Å². The highest BCUT2D eigenvalue weighted by atomic mass is 16.5. The molecule has 0 bridgehead atoms. The van der Waals surface area contributed by atoms with Crippen LogP contribution in [0.2, 0.25) is 0 Å². The molecule has 0 aromatic heterocycles. The van der Waals surface area contributed by atoms with Gasteiger partial charge in [0.1, 0.15) is 6.61 Å². The van der Waals surface area contributed by atoms with Crippen LogP contribution in [0.5, 0.6) is 0 Å². The van der Waals surface area contributed by atoms with Crippen molar-refractivity contribution in [2.24, 2.45) is 0 Å². The molecule has 0 atom stereocenters. The first-order valence-electron chi connectivity index (χ1n) is 6.91. The zero-order valence-electron chi connectivity index (χ0n) is 11.1. The summed E-state index contributed by atoms with van der Waals surface area (Å²) in [5.74, 6) is 0. The number of alkyl carbamates (subject to hydrolysis) is 1. The molecule has 4 heteroatoms. The maximum absolute atomic E-state index is 11.4. The lowest BCUT2D eigenvalue weighted by atomic mass is 10.2. The molecule has 0 saturated heterocycles. The Morgan fingerprint density at radius 3 is 2.68 bits per heavy atom. The van der Waals surface area contributed by atoms with Crippen LogP contribution >= 0.6 is 0 Å². The Morgan fingerprint density at radius 1 is 1.21 bits per heavy atom. The minimum atomic E-state index is -0.390. The van der Waals surface area contributed by atoms with Crippen LogP contribution < -0.4 is 5.32 Å². The minimum Gasteiger partial charge on any atom is -0.445 e. The molecule has 1 N–H and O–H groups in total. The average molecular weight is 263 g/mol. The van der Waals surface area contributed by atoms with Gasteiger partial charge in [-0.15, -0.1) is 0 Å². The number of nitrogens with one attached hydrogen (secondary N) is 1. The molecular weight excluding hydrogens is 242 g/mol. The van der Waals surface area contributed by atoms with Crippen LogP contribution in [0.3, 0.4) is 0 Å². The summed E-state index contributed by atoms with van der Waals surface area (Å²) in [5.41, 5.74) is 0.986. The maximum Gasteiger partial charge on any atom is 0.407 e. The summed E-state index contributed by atoms with van der Waals surface area (Å²) in [6.07, 6.45) is 4.83. The molecule has 1 aromatic carbocycles. The lowest BCUT2D eigenvalue weighted by Gasteiger charge is -2.11. The van der Waals surface area contributed by atoms with E-state index in [2.05, 4.69) is 5.32 Å². The molecule has 1 fully saturated rings. The van der Waals surface area contributed by atoms with Crippen molar-refractivity contribution in [2.45, 2.75) is 38.4 Å². The third-order valence-corrected chi connectivity index (χ3v) is 3.24. The van der Waals surface area contributed by atoms with Crippen molar-refractivity contribution in [3.05, 3.63) is 35.9 Å². The summed E-state index contributed by atoms with van der Waals surface area (Å²) < 4.78 is 10.7. The van der Waals surface area contributed by atoms with E-state index in [1.807, 2.05) is 30.3 Å². The topological polar surface area (TPSA) is 47.6 Å². The van der Waals surface area contributed by atoms with Crippen LogP contribution in [0.4, 0.5) is 4.79 Å². The molecule has 19 heavy (non-hydrogen) atoms. The van der Waals surface area contributed by atoms with Gasteiger partial charge in [0, 0.05) is 6.54 Å². The number of benzene rings is 1. The Morgan fingerprint density at radius 2 is 1.95 bits per heavy atom. The van der Waals surface area contributed by atoms with E-state index in [1.165, 1.54) is 12.8 Å². The fourth-order valence-corrected chi connectivity index (χ4v) is 2.21. The summed E-state index contributed by atoms with van der Waals surface area (Å²) >= 11 is 0. The normalized spacial score (nSPS) is 15.4. The quantitative estimate of drug-likeness (QED) is 0.803. The number of hydrogen-bond acceptors (Lipinski definition) is 3. The molecule has 0 radical (unpaired) electrons. The average Bonchev–Trinajstić information content (AvgIpc) is 2.96. The molecule has 0 aliphatic heterocycles. The van der Waals surface area contributed by atoms with E-state index in [4.69, 9.17) is 9.47 Å². The Labute approximate surface area is 114 Å². The molecule has 1 amide bonds. The van der Waals surface area contributed by atoms with Crippen LogP contribution in [-0.2, 0) is 16.1 Å². The SMILES string of the molecule is O=C(NCCOC1CCCC1)OCc1ccccc1. The molecule has 0 spiro atoms. The molecule has 1 aromatic rings. The van der Waals surface area contributed by atoms with E-state index < -0.39 is 0 Å². The first-order chi connectivity index (χ1) is 9.34. The van der Waals surface area contributed by atoms with Gasteiger partial charge in [0.15, 0.2) is 0 Å². The van der Waals surface area contributed by atoms with Crippen LogP contribution in [-0.4, -0.2) is 25.3 Å². The van der Waals surface area contributed by atoms with Crippen LogP contribution in [0.1, 0.15) is 31.2 Å². The number of rotatable bonds is 6. The first kappa shape index (κ1) is 13.9. The standard InChI is InChI=1S/C15H21NO3/c17-15(19-12-13-6-2-1-3-7-13)16-10-11-18-14-8-4-5-9-14/h1-3,6-7,14H,4-5,8-12H2,(H,16,17). The lowest BCUT2D eigenvalue weighted by Crippen LogP contribution is -2.28. The summed E-state index contributed by atoms with van der Waals surface area (Å²) in [5, 5.41) is 2.69. The van der Waals surface area contributed by atoms with Crippen molar-refractivity contribution in [1.29, 1.82) is 0 Å². The molecule has 1 aliphatic rings. The number of carbonyl (C=O) groups is 1. The molecule has 104 valence electrons. The first-order valence-corrected chi connectivity index (χ1v) is 6.91. The van der Waals surface area contributed by atoms with Gasteiger partial charge >= 0.3 is 6.09 Å². The van der Waals surface area contributed by atoms with Gasteiger partial charge in [0.25, 0.3) is 0 Å². The van der Waals surface area contributed by atoms with E-state index in [-0.39, 0.29) is 6.09 Å². The third kappa shape index (κ3) is 5.30. The molecule has 1 aliphatic carbocycles. The van der Waals surface area contributed by atoms with E-state index in [0.717, 1.165) is 18.4 Å². The van der Waals surface area contributed by atoms with Crippen molar-refractivity contribution in [3.63, 3.8) is 0 Å². The van der Waals surface area contributed by atoms with Crippen molar-refractivity contribution < 1.29 is 14.3 Å². The second kappa shape index (κ2) is 7.79. The van der Waals surface area contributed by atoms with Crippen molar-refractivity contribution in [1.82, 2.24) is 5.32 Å². The number of amides is 1. The second-order valence-corrected chi connectivity index (χ2v) is 4.77. The van der Waals surface area contributed by atoms with Crippen LogP contribution in [0, 0.1) is 0 Å². The second-order valence-electron chi connectivity index (χ2n) is 4.77. The van der Waals surface area contributed by atoms with Crippen LogP contribution in [0.15, 0.2) is 30.3 Å². The van der Waals surface area contributed by atoms with Crippen molar-refractivity contribution in [3.8, 4) is 0 Å². The number of carbonyl (C=O) groups excluding carboxylic acids is 1. The molecule has 0 heterocycles.